The van der Waals surface area contributed by atoms with Crippen molar-refractivity contribution in [3.63, 3.8) is 0 Å². The highest BCUT2D eigenvalue weighted by Gasteiger charge is 2.06. The van der Waals surface area contributed by atoms with Crippen LogP contribution in [0.15, 0.2) is 48.8 Å². The van der Waals surface area contributed by atoms with Crippen molar-refractivity contribution < 1.29 is 4.79 Å². The van der Waals surface area contributed by atoms with Gasteiger partial charge in [0.1, 0.15) is 5.82 Å². The SMILES string of the molecule is O=C(Cc1ccccc1)Nc1ccc2[nH]cnc2n1. The minimum Gasteiger partial charge on any atom is -0.343 e. The van der Waals surface area contributed by atoms with Gasteiger partial charge in [-0.2, -0.15) is 0 Å². The average Bonchev–Trinajstić information content (AvgIpc) is 2.87. The molecule has 0 saturated heterocycles. The van der Waals surface area contributed by atoms with E-state index in [0.29, 0.717) is 17.9 Å². The van der Waals surface area contributed by atoms with Crippen LogP contribution < -0.4 is 5.32 Å². The van der Waals surface area contributed by atoms with E-state index in [-0.39, 0.29) is 5.91 Å². The van der Waals surface area contributed by atoms with Crippen molar-refractivity contribution in [2.45, 2.75) is 6.42 Å². The first kappa shape index (κ1) is 11.4. The summed E-state index contributed by atoms with van der Waals surface area (Å²) in [6, 6.07) is 13.2. The van der Waals surface area contributed by atoms with E-state index in [4.69, 9.17) is 0 Å². The maximum atomic E-state index is 11.9. The van der Waals surface area contributed by atoms with Gasteiger partial charge in [-0.05, 0) is 17.7 Å². The number of H-pyrrole nitrogens is 1. The Kier molecular flexibility index (Phi) is 2.94. The molecule has 2 N–H and O–H groups in total. The lowest BCUT2D eigenvalue weighted by Crippen LogP contribution is -2.15. The number of carbonyl (C=O) groups excluding carboxylic acids is 1. The summed E-state index contributed by atoms with van der Waals surface area (Å²) in [6.45, 7) is 0. The Bertz CT molecular complexity index is 706. The Morgan fingerprint density at radius 3 is 2.84 bits per heavy atom. The highest BCUT2D eigenvalue weighted by Crippen LogP contribution is 2.11. The van der Waals surface area contributed by atoms with Gasteiger partial charge in [0.2, 0.25) is 5.91 Å². The molecule has 5 heteroatoms. The number of hydrogen-bond acceptors (Lipinski definition) is 3. The first-order chi connectivity index (χ1) is 9.31. The lowest BCUT2D eigenvalue weighted by Gasteiger charge is -2.04. The molecule has 94 valence electrons. The molecule has 1 amide bonds. The highest BCUT2D eigenvalue weighted by molar-refractivity contribution is 5.92. The molecule has 3 rings (SSSR count). The van der Waals surface area contributed by atoms with Gasteiger partial charge in [0, 0.05) is 0 Å². The quantitative estimate of drug-likeness (QED) is 0.750. The van der Waals surface area contributed by atoms with Gasteiger partial charge in [0.15, 0.2) is 5.65 Å². The third-order valence-electron chi connectivity index (χ3n) is 2.76. The number of pyridine rings is 1. The van der Waals surface area contributed by atoms with E-state index >= 15 is 0 Å². The largest absolute Gasteiger partial charge is 0.343 e. The molecule has 0 saturated carbocycles. The van der Waals surface area contributed by atoms with Crippen LogP contribution in [0, 0.1) is 0 Å². The molecule has 0 atom stereocenters. The minimum atomic E-state index is -0.0893. The molecule has 5 nitrogen and oxygen atoms in total. The fraction of sp³-hybridized carbons (Fsp3) is 0.0714. The molecule has 0 unspecified atom stereocenters. The van der Waals surface area contributed by atoms with Gasteiger partial charge in [-0.25, -0.2) is 9.97 Å². The maximum Gasteiger partial charge on any atom is 0.229 e. The molecule has 3 aromatic rings. The van der Waals surface area contributed by atoms with E-state index in [2.05, 4.69) is 20.3 Å². The second-order valence-corrected chi connectivity index (χ2v) is 4.18. The van der Waals surface area contributed by atoms with E-state index in [0.717, 1.165) is 11.1 Å². The summed E-state index contributed by atoms with van der Waals surface area (Å²) in [5, 5.41) is 2.77. The summed E-state index contributed by atoms with van der Waals surface area (Å²) in [5.41, 5.74) is 2.42. The Balaban J connectivity index is 1.72. The third kappa shape index (κ3) is 2.60. The molecule has 2 aromatic heterocycles. The Labute approximate surface area is 109 Å². The zero-order valence-electron chi connectivity index (χ0n) is 10.1. The number of amides is 1. The summed E-state index contributed by atoms with van der Waals surface area (Å²) in [6.07, 6.45) is 1.91. The van der Waals surface area contributed by atoms with Crippen LogP contribution in [0.5, 0.6) is 0 Å². The average molecular weight is 252 g/mol. The van der Waals surface area contributed by atoms with Crippen LogP contribution >= 0.6 is 0 Å². The number of anilines is 1. The van der Waals surface area contributed by atoms with Gasteiger partial charge in [0.05, 0.1) is 18.3 Å². The van der Waals surface area contributed by atoms with Crippen molar-refractivity contribution in [1.82, 2.24) is 15.0 Å². The zero-order chi connectivity index (χ0) is 13.1. The standard InChI is InChI=1S/C14H12N4O/c19-13(8-10-4-2-1-3-5-10)17-12-7-6-11-14(18-12)16-9-15-11/h1-7,9H,8H2,(H2,15,16,17,18,19). The molecule has 1 aromatic carbocycles. The summed E-state index contributed by atoms with van der Waals surface area (Å²) in [4.78, 5) is 23.1. The smallest absolute Gasteiger partial charge is 0.229 e. The second kappa shape index (κ2) is 4.89. The molecule has 0 spiro atoms. The van der Waals surface area contributed by atoms with Crippen LogP contribution in [0.1, 0.15) is 5.56 Å². The van der Waals surface area contributed by atoms with Crippen molar-refractivity contribution in [2.24, 2.45) is 0 Å². The van der Waals surface area contributed by atoms with Gasteiger partial charge in [-0.15, -0.1) is 0 Å². The van der Waals surface area contributed by atoms with Gasteiger partial charge in [-0.3, -0.25) is 4.79 Å². The molecule has 0 fully saturated rings. The molecule has 19 heavy (non-hydrogen) atoms. The predicted octanol–water partition coefficient (Wildman–Crippen LogP) is 2.14. The van der Waals surface area contributed by atoms with Crippen molar-refractivity contribution in [2.75, 3.05) is 5.32 Å². The fourth-order valence-electron chi connectivity index (χ4n) is 1.86. The normalized spacial score (nSPS) is 10.5. The molecular weight excluding hydrogens is 240 g/mol. The molecule has 2 heterocycles. The minimum absolute atomic E-state index is 0.0893. The van der Waals surface area contributed by atoms with Crippen LogP contribution in [0.25, 0.3) is 11.2 Å². The third-order valence-corrected chi connectivity index (χ3v) is 2.76. The molecule has 0 radical (unpaired) electrons. The zero-order valence-corrected chi connectivity index (χ0v) is 10.1. The van der Waals surface area contributed by atoms with Crippen LogP contribution in [-0.2, 0) is 11.2 Å². The number of aromatic amines is 1. The van der Waals surface area contributed by atoms with Crippen molar-refractivity contribution in [3.8, 4) is 0 Å². The van der Waals surface area contributed by atoms with Crippen LogP contribution in [0.4, 0.5) is 5.82 Å². The Morgan fingerprint density at radius 1 is 1.16 bits per heavy atom. The predicted molar refractivity (Wildman–Crippen MR) is 72.7 cm³/mol. The van der Waals surface area contributed by atoms with Crippen molar-refractivity contribution in [3.05, 3.63) is 54.4 Å². The molecular formula is C14H12N4O. The van der Waals surface area contributed by atoms with E-state index in [1.807, 2.05) is 36.4 Å². The number of rotatable bonds is 3. The van der Waals surface area contributed by atoms with Gasteiger partial charge in [-0.1, -0.05) is 30.3 Å². The highest BCUT2D eigenvalue weighted by atomic mass is 16.1. The Hall–Kier alpha value is -2.69. The molecule has 0 aliphatic rings. The number of carbonyl (C=O) groups is 1. The number of benzene rings is 1. The first-order valence-corrected chi connectivity index (χ1v) is 5.95. The second-order valence-electron chi connectivity index (χ2n) is 4.18. The molecule has 0 aliphatic heterocycles. The number of fused-ring (bicyclic) bond motifs is 1. The van der Waals surface area contributed by atoms with E-state index in [1.165, 1.54) is 0 Å². The van der Waals surface area contributed by atoms with E-state index in [1.54, 1.807) is 12.4 Å². The van der Waals surface area contributed by atoms with Crippen LogP contribution in [0.2, 0.25) is 0 Å². The number of hydrogen-bond donors (Lipinski definition) is 2. The number of nitrogens with one attached hydrogen (secondary N) is 2. The van der Waals surface area contributed by atoms with Gasteiger partial charge in [0.25, 0.3) is 0 Å². The topological polar surface area (TPSA) is 70.7 Å². The first-order valence-electron chi connectivity index (χ1n) is 5.95. The van der Waals surface area contributed by atoms with Gasteiger partial charge < -0.3 is 10.3 Å². The number of imidazole rings is 1. The summed E-state index contributed by atoms with van der Waals surface area (Å²) in [5.74, 6) is 0.425. The lowest BCUT2D eigenvalue weighted by molar-refractivity contribution is -0.115. The number of nitrogens with zero attached hydrogens (tertiary/aromatic N) is 2. The van der Waals surface area contributed by atoms with Crippen molar-refractivity contribution in [1.29, 1.82) is 0 Å². The summed E-state index contributed by atoms with van der Waals surface area (Å²) < 4.78 is 0. The van der Waals surface area contributed by atoms with Crippen LogP contribution in [-0.4, -0.2) is 20.9 Å². The van der Waals surface area contributed by atoms with Crippen LogP contribution in [0.3, 0.4) is 0 Å². The van der Waals surface area contributed by atoms with Gasteiger partial charge >= 0.3 is 0 Å². The summed E-state index contributed by atoms with van der Waals surface area (Å²) >= 11 is 0. The monoisotopic (exact) mass is 252 g/mol. The fourth-order valence-corrected chi connectivity index (χ4v) is 1.86. The van der Waals surface area contributed by atoms with Crippen molar-refractivity contribution >= 4 is 22.9 Å². The molecule has 0 aliphatic carbocycles. The van der Waals surface area contributed by atoms with E-state index < -0.39 is 0 Å². The Morgan fingerprint density at radius 2 is 2.00 bits per heavy atom. The van der Waals surface area contributed by atoms with E-state index in [9.17, 15) is 4.79 Å². The number of aromatic nitrogens is 3. The maximum absolute atomic E-state index is 11.9. The molecule has 0 bridgehead atoms. The lowest BCUT2D eigenvalue weighted by atomic mass is 10.1. The summed E-state index contributed by atoms with van der Waals surface area (Å²) in [7, 11) is 0.